The van der Waals surface area contributed by atoms with Crippen LogP contribution in [0.4, 0.5) is 10.5 Å². The van der Waals surface area contributed by atoms with E-state index in [0.717, 1.165) is 12.1 Å². The number of benzene rings is 1. The van der Waals surface area contributed by atoms with Crippen molar-refractivity contribution in [3.05, 3.63) is 29.3 Å². The predicted molar refractivity (Wildman–Crippen MR) is 88.0 cm³/mol. The topological polar surface area (TPSA) is 61.4 Å². The highest BCUT2D eigenvalue weighted by molar-refractivity contribution is 5.90. The van der Waals surface area contributed by atoms with Gasteiger partial charge in [-0.1, -0.05) is 19.9 Å². The number of carbonyl (C=O) groups excluding carboxylic acids is 2. The molecule has 1 fully saturated rings. The Morgan fingerprint density at radius 2 is 2.05 bits per heavy atom. The third kappa shape index (κ3) is 3.59. The van der Waals surface area contributed by atoms with Crippen molar-refractivity contribution in [2.75, 3.05) is 25.5 Å². The summed E-state index contributed by atoms with van der Waals surface area (Å²) < 4.78 is 0. The standard InChI is InChI=1S/C17H25N3O2/c1-11(2)15-9-14(6-5-12(15)3)19-17(22)20-8-7-13(10-20)16(21)18-4/h5-6,9,11,13H,7-8,10H2,1-4H3,(H,18,21)(H,19,22)/t13-/m0/s1. The second kappa shape index (κ2) is 6.81. The quantitative estimate of drug-likeness (QED) is 0.902. The van der Waals surface area contributed by atoms with Crippen molar-refractivity contribution in [2.24, 2.45) is 5.92 Å². The van der Waals surface area contributed by atoms with Crippen LogP contribution in [-0.4, -0.2) is 37.0 Å². The van der Waals surface area contributed by atoms with E-state index in [-0.39, 0.29) is 17.9 Å². The molecular weight excluding hydrogens is 278 g/mol. The Labute approximate surface area is 132 Å². The minimum Gasteiger partial charge on any atom is -0.359 e. The molecule has 0 radical (unpaired) electrons. The zero-order valence-electron chi connectivity index (χ0n) is 13.8. The lowest BCUT2D eigenvalue weighted by Crippen LogP contribution is -2.35. The molecule has 0 unspecified atom stereocenters. The van der Waals surface area contributed by atoms with Crippen LogP contribution in [0.3, 0.4) is 0 Å². The van der Waals surface area contributed by atoms with Crippen LogP contribution in [0.5, 0.6) is 0 Å². The Balaban J connectivity index is 2.01. The lowest BCUT2D eigenvalue weighted by molar-refractivity contribution is -0.124. The smallest absolute Gasteiger partial charge is 0.321 e. The normalized spacial score (nSPS) is 17.7. The van der Waals surface area contributed by atoms with E-state index >= 15 is 0 Å². The minimum atomic E-state index is -0.134. The molecule has 1 aliphatic rings. The molecule has 0 aromatic heterocycles. The molecule has 3 amide bonds. The molecule has 1 aliphatic heterocycles. The van der Waals surface area contributed by atoms with Gasteiger partial charge in [-0.05, 0) is 42.5 Å². The largest absolute Gasteiger partial charge is 0.359 e. The van der Waals surface area contributed by atoms with Crippen molar-refractivity contribution in [3.63, 3.8) is 0 Å². The second-order valence-electron chi connectivity index (χ2n) is 6.20. The Kier molecular flexibility index (Phi) is 5.06. The van der Waals surface area contributed by atoms with Gasteiger partial charge in [0.1, 0.15) is 0 Å². The lowest BCUT2D eigenvalue weighted by atomic mass is 9.97. The second-order valence-corrected chi connectivity index (χ2v) is 6.20. The van der Waals surface area contributed by atoms with Gasteiger partial charge in [0.15, 0.2) is 0 Å². The van der Waals surface area contributed by atoms with Crippen molar-refractivity contribution in [3.8, 4) is 0 Å². The fourth-order valence-corrected chi connectivity index (χ4v) is 2.91. The Morgan fingerprint density at radius 3 is 2.68 bits per heavy atom. The zero-order chi connectivity index (χ0) is 16.3. The van der Waals surface area contributed by atoms with E-state index in [0.29, 0.717) is 19.0 Å². The summed E-state index contributed by atoms with van der Waals surface area (Å²) in [6, 6.07) is 5.85. The molecule has 0 saturated carbocycles. The zero-order valence-corrected chi connectivity index (χ0v) is 13.8. The highest BCUT2D eigenvalue weighted by Gasteiger charge is 2.30. The third-order valence-electron chi connectivity index (χ3n) is 4.25. The van der Waals surface area contributed by atoms with Crippen molar-refractivity contribution >= 4 is 17.6 Å². The molecule has 1 atom stereocenters. The highest BCUT2D eigenvalue weighted by atomic mass is 16.2. The van der Waals surface area contributed by atoms with E-state index in [1.54, 1.807) is 11.9 Å². The van der Waals surface area contributed by atoms with Crippen LogP contribution in [0.1, 0.15) is 37.3 Å². The molecule has 0 bridgehead atoms. The highest BCUT2D eigenvalue weighted by Crippen LogP contribution is 2.24. The van der Waals surface area contributed by atoms with Crippen LogP contribution >= 0.6 is 0 Å². The van der Waals surface area contributed by atoms with Gasteiger partial charge >= 0.3 is 6.03 Å². The number of nitrogens with one attached hydrogen (secondary N) is 2. The molecule has 1 saturated heterocycles. The van der Waals surface area contributed by atoms with E-state index in [1.807, 2.05) is 18.2 Å². The van der Waals surface area contributed by atoms with Crippen LogP contribution in [-0.2, 0) is 4.79 Å². The minimum absolute atomic E-state index is 0.00716. The summed E-state index contributed by atoms with van der Waals surface area (Å²) in [5.41, 5.74) is 3.28. The molecule has 5 nitrogen and oxygen atoms in total. The van der Waals surface area contributed by atoms with E-state index in [4.69, 9.17) is 0 Å². The molecular formula is C17H25N3O2. The van der Waals surface area contributed by atoms with Crippen molar-refractivity contribution in [1.29, 1.82) is 0 Å². The van der Waals surface area contributed by atoms with Gasteiger partial charge in [-0.15, -0.1) is 0 Å². The molecule has 1 aromatic rings. The number of rotatable bonds is 3. The SMILES string of the molecule is CNC(=O)[C@H]1CCN(C(=O)Nc2ccc(C)c(C(C)C)c2)C1. The molecule has 1 aromatic carbocycles. The Hall–Kier alpha value is -2.04. The number of urea groups is 1. The van der Waals surface area contributed by atoms with Gasteiger partial charge < -0.3 is 15.5 Å². The maximum Gasteiger partial charge on any atom is 0.321 e. The van der Waals surface area contributed by atoms with Crippen LogP contribution in [0.25, 0.3) is 0 Å². The van der Waals surface area contributed by atoms with Gasteiger partial charge in [0.2, 0.25) is 5.91 Å². The number of hydrogen-bond donors (Lipinski definition) is 2. The first-order valence-corrected chi connectivity index (χ1v) is 7.80. The van der Waals surface area contributed by atoms with Crippen LogP contribution in [0.2, 0.25) is 0 Å². The summed E-state index contributed by atoms with van der Waals surface area (Å²) in [7, 11) is 1.63. The molecule has 0 spiro atoms. The Morgan fingerprint density at radius 1 is 1.32 bits per heavy atom. The maximum atomic E-state index is 12.3. The molecule has 2 N–H and O–H groups in total. The number of hydrogen-bond acceptors (Lipinski definition) is 2. The third-order valence-corrected chi connectivity index (χ3v) is 4.25. The average molecular weight is 303 g/mol. The lowest BCUT2D eigenvalue weighted by Gasteiger charge is -2.18. The monoisotopic (exact) mass is 303 g/mol. The fourth-order valence-electron chi connectivity index (χ4n) is 2.91. The molecule has 120 valence electrons. The molecule has 0 aliphatic carbocycles. The molecule has 5 heteroatoms. The average Bonchev–Trinajstić information content (AvgIpc) is 2.98. The van der Waals surface area contributed by atoms with E-state index in [2.05, 4.69) is 31.4 Å². The van der Waals surface area contributed by atoms with Gasteiger partial charge in [-0.25, -0.2) is 4.79 Å². The number of likely N-dealkylation sites (tertiary alicyclic amines) is 1. The van der Waals surface area contributed by atoms with Crippen molar-refractivity contribution < 1.29 is 9.59 Å². The summed E-state index contributed by atoms with van der Waals surface area (Å²) in [5, 5.41) is 5.58. The summed E-state index contributed by atoms with van der Waals surface area (Å²) in [4.78, 5) is 25.7. The Bertz CT molecular complexity index is 569. The number of amides is 3. The number of carbonyl (C=O) groups is 2. The summed E-state index contributed by atoms with van der Waals surface area (Å²) in [6.45, 7) is 7.46. The number of nitrogens with zero attached hydrogens (tertiary/aromatic N) is 1. The van der Waals surface area contributed by atoms with Gasteiger partial charge in [-0.2, -0.15) is 0 Å². The van der Waals surface area contributed by atoms with Crippen LogP contribution in [0, 0.1) is 12.8 Å². The number of anilines is 1. The first-order chi connectivity index (χ1) is 10.4. The first kappa shape index (κ1) is 16.3. The van der Waals surface area contributed by atoms with Gasteiger partial charge in [0.25, 0.3) is 0 Å². The van der Waals surface area contributed by atoms with Gasteiger partial charge in [0, 0.05) is 25.8 Å². The van der Waals surface area contributed by atoms with Gasteiger partial charge in [-0.3, -0.25) is 4.79 Å². The van der Waals surface area contributed by atoms with Gasteiger partial charge in [0.05, 0.1) is 5.92 Å². The summed E-state index contributed by atoms with van der Waals surface area (Å²) >= 11 is 0. The predicted octanol–water partition coefficient (Wildman–Crippen LogP) is 2.72. The van der Waals surface area contributed by atoms with E-state index < -0.39 is 0 Å². The van der Waals surface area contributed by atoms with E-state index in [9.17, 15) is 9.59 Å². The summed E-state index contributed by atoms with van der Waals surface area (Å²) in [5.74, 6) is 0.328. The molecule has 2 rings (SSSR count). The maximum absolute atomic E-state index is 12.3. The first-order valence-electron chi connectivity index (χ1n) is 7.80. The van der Waals surface area contributed by atoms with Crippen LogP contribution in [0.15, 0.2) is 18.2 Å². The van der Waals surface area contributed by atoms with E-state index in [1.165, 1.54) is 11.1 Å². The summed E-state index contributed by atoms with van der Waals surface area (Å²) in [6.07, 6.45) is 0.720. The fraction of sp³-hybridized carbons (Fsp3) is 0.529. The van der Waals surface area contributed by atoms with Crippen molar-refractivity contribution in [1.82, 2.24) is 10.2 Å². The number of aryl methyl sites for hydroxylation is 1. The molecule has 22 heavy (non-hydrogen) atoms. The van der Waals surface area contributed by atoms with Crippen LogP contribution < -0.4 is 10.6 Å². The molecule has 1 heterocycles. The van der Waals surface area contributed by atoms with Crippen molar-refractivity contribution in [2.45, 2.75) is 33.1 Å².